The number of fused-ring (bicyclic) bond motifs is 1. The summed E-state index contributed by atoms with van der Waals surface area (Å²) in [5.41, 5.74) is 4.83. The molecule has 0 saturated heterocycles. The standard InChI is InChI=1S/C34H34N2O5/c1-25(37)41-33(28-17-18-32(31(19-28)36(38)39)40-24-27-13-7-4-8-14-27)23-35(22-26-11-5-3-6-12-26)34(2)20-29-15-9-10-16-30(29)21-34/h3-19,33H,20-24H2,1-2H3. The SMILES string of the molecule is CC(=O)OC(CN(Cc1ccccc1)C1(C)Cc2ccccc2C1)c1ccc(OCc2ccccc2)c([N+](=O)[O-])c1. The van der Waals surface area contributed by atoms with Crippen molar-refractivity contribution in [2.24, 2.45) is 0 Å². The maximum atomic E-state index is 12.3. The van der Waals surface area contributed by atoms with Gasteiger partial charge in [0.25, 0.3) is 0 Å². The van der Waals surface area contributed by atoms with Gasteiger partial charge in [-0.3, -0.25) is 19.8 Å². The van der Waals surface area contributed by atoms with Gasteiger partial charge in [-0.2, -0.15) is 0 Å². The van der Waals surface area contributed by atoms with Crippen molar-refractivity contribution >= 4 is 11.7 Å². The first kappa shape index (κ1) is 28.1. The summed E-state index contributed by atoms with van der Waals surface area (Å²) in [4.78, 5) is 26.3. The summed E-state index contributed by atoms with van der Waals surface area (Å²) in [6, 6.07) is 33.0. The van der Waals surface area contributed by atoms with E-state index in [1.165, 1.54) is 24.1 Å². The van der Waals surface area contributed by atoms with E-state index in [0.29, 0.717) is 18.7 Å². The van der Waals surface area contributed by atoms with E-state index >= 15 is 0 Å². The Morgan fingerprint density at radius 2 is 1.49 bits per heavy atom. The molecule has 0 N–H and O–H groups in total. The van der Waals surface area contributed by atoms with Crippen LogP contribution in [-0.2, 0) is 35.5 Å². The zero-order chi connectivity index (χ0) is 28.8. The van der Waals surface area contributed by atoms with E-state index in [0.717, 1.165) is 24.0 Å². The van der Waals surface area contributed by atoms with Crippen LogP contribution in [0.2, 0.25) is 0 Å². The van der Waals surface area contributed by atoms with Crippen molar-refractivity contribution in [2.75, 3.05) is 6.54 Å². The molecule has 0 heterocycles. The summed E-state index contributed by atoms with van der Waals surface area (Å²) >= 11 is 0. The van der Waals surface area contributed by atoms with Crippen molar-refractivity contribution in [3.63, 3.8) is 0 Å². The Bertz CT molecular complexity index is 1480. The third-order valence-corrected chi connectivity index (χ3v) is 7.72. The third-order valence-electron chi connectivity index (χ3n) is 7.72. The monoisotopic (exact) mass is 550 g/mol. The van der Waals surface area contributed by atoms with Crippen LogP contribution in [-0.4, -0.2) is 27.9 Å². The molecule has 0 fully saturated rings. The van der Waals surface area contributed by atoms with Crippen molar-refractivity contribution in [2.45, 2.75) is 51.5 Å². The fourth-order valence-corrected chi connectivity index (χ4v) is 5.63. The zero-order valence-electron chi connectivity index (χ0n) is 23.4. The van der Waals surface area contributed by atoms with Crippen LogP contribution in [0, 0.1) is 10.1 Å². The summed E-state index contributed by atoms with van der Waals surface area (Å²) in [5.74, 6) is -0.273. The van der Waals surface area contributed by atoms with Crippen LogP contribution in [0.15, 0.2) is 103 Å². The highest BCUT2D eigenvalue weighted by molar-refractivity contribution is 5.66. The van der Waals surface area contributed by atoms with Gasteiger partial charge in [0, 0.05) is 37.2 Å². The molecule has 1 unspecified atom stereocenters. The van der Waals surface area contributed by atoms with E-state index in [9.17, 15) is 14.9 Å². The molecule has 1 atom stereocenters. The minimum Gasteiger partial charge on any atom is -0.482 e. The van der Waals surface area contributed by atoms with E-state index in [4.69, 9.17) is 9.47 Å². The number of nitro benzene ring substituents is 1. The Kier molecular flexibility index (Phi) is 8.45. The fourth-order valence-electron chi connectivity index (χ4n) is 5.63. The molecule has 0 bridgehead atoms. The minimum absolute atomic E-state index is 0.162. The summed E-state index contributed by atoms with van der Waals surface area (Å²) < 4.78 is 11.7. The number of carbonyl (C=O) groups is 1. The van der Waals surface area contributed by atoms with Crippen molar-refractivity contribution in [3.05, 3.63) is 141 Å². The molecule has 210 valence electrons. The highest BCUT2D eigenvalue weighted by atomic mass is 16.6. The lowest BCUT2D eigenvalue weighted by atomic mass is 9.93. The maximum absolute atomic E-state index is 12.3. The van der Waals surface area contributed by atoms with Gasteiger partial charge < -0.3 is 9.47 Å². The zero-order valence-corrected chi connectivity index (χ0v) is 23.4. The molecule has 0 amide bonds. The number of ether oxygens (including phenoxy) is 2. The molecule has 7 nitrogen and oxygen atoms in total. The number of esters is 1. The van der Waals surface area contributed by atoms with Gasteiger partial charge in [-0.05, 0) is 48.1 Å². The van der Waals surface area contributed by atoms with Crippen LogP contribution >= 0.6 is 0 Å². The lowest BCUT2D eigenvalue weighted by molar-refractivity contribution is -0.386. The van der Waals surface area contributed by atoms with Crippen molar-refractivity contribution in [1.82, 2.24) is 4.90 Å². The number of carbonyl (C=O) groups excluding carboxylic acids is 1. The second-order valence-corrected chi connectivity index (χ2v) is 10.8. The van der Waals surface area contributed by atoms with Crippen LogP contribution in [0.3, 0.4) is 0 Å². The Hall–Kier alpha value is -4.49. The molecule has 0 radical (unpaired) electrons. The Morgan fingerprint density at radius 1 is 0.902 bits per heavy atom. The number of rotatable bonds is 11. The Morgan fingerprint density at radius 3 is 2.07 bits per heavy atom. The van der Waals surface area contributed by atoms with Gasteiger partial charge in [-0.15, -0.1) is 0 Å². The van der Waals surface area contributed by atoms with Gasteiger partial charge in [-0.25, -0.2) is 0 Å². The molecule has 0 saturated carbocycles. The molecule has 1 aliphatic carbocycles. The van der Waals surface area contributed by atoms with Crippen LogP contribution in [0.25, 0.3) is 0 Å². The van der Waals surface area contributed by atoms with Crippen molar-refractivity contribution < 1.29 is 19.2 Å². The molecular weight excluding hydrogens is 516 g/mol. The number of hydrogen-bond acceptors (Lipinski definition) is 6. The predicted molar refractivity (Wildman–Crippen MR) is 157 cm³/mol. The average molecular weight is 551 g/mol. The van der Waals surface area contributed by atoms with Crippen LogP contribution in [0.5, 0.6) is 5.75 Å². The van der Waals surface area contributed by atoms with E-state index in [1.54, 1.807) is 12.1 Å². The van der Waals surface area contributed by atoms with Crippen LogP contribution < -0.4 is 4.74 Å². The minimum atomic E-state index is -0.710. The summed E-state index contributed by atoms with van der Waals surface area (Å²) in [7, 11) is 0. The van der Waals surface area contributed by atoms with Gasteiger partial charge in [-0.1, -0.05) is 91.0 Å². The number of hydrogen-bond donors (Lipinski definition) is 0. The highest BCUT2D eigenvalue weighted by Crippen LogP contribution is 2.38. The van der Waals surface area contributed by atoms with Gasteiger partial charge in [0.2, 0.25) is 0 Å². The Balaban J connectivity index is 1.45. The number of benzene rings is 4. The molecule has 4 aromatic rings. The van der Waals surface area contributed by atoms with Gasteiger partial charge in [0.05, 0.1) is 4.92 Å². The number of nitrogens with zero attached hydrogens (tertiary/aromatic N) is 2. The molecule has 5 rings (SSSR count). The third kappa shape index (κ3) is 6.81. The lowest BCUT2D eigenvalue weighted by Crippen LogP contribution is -2.48. The van der Waals surface area contributed by atoms with Gasteiger partial charge in [0.15, 0.2) is 5.75 Å². The second-order valence-electron chi connectivity index (χ2n) is 10.8. The smallest absolute Gasteiger partial charge is 0.311 e. The van der Waals surface area contributed by atoms with Gasteiger partial charge in [0.1, 0.15) is 12.7 Å². The van der Waals surface area contributed by atoms with E-state index in [2.05, 4.69) is 48.2 Å². The lowest BCUT2D eigenvalue weighted by Gasteiger charge is -2.40. The Labute approximate surface area is 240 Å². The summed E-state index contributed by atoms with van der Waals surface area (Å²) in [6.45, 7) is 4.83. The molecule has 7 heteroatoms. The fraction of sp³-hybridized carbons (Fsp3) is 0.265. The van der Waals surface area contributed by atoms with E-state index in [1.807, 2.05) is 48.5 Å². The van der Waals surface area contributed by atoms with Crippen LogP contribution in [0.4, 0.5) is 5.69 Å². The van der Waals surface area contributed by atoms with Crippen molar-refractivity contribution in [1.29, 1.82) is 0 Å². The molecule has 0 aliphatic heterocycles. The van der Waals surface area contributed by atoms with E-state index in [-0.39, 0.29) is 23.6 Å². The molecule has 0 aromatic heterocycles. The normalized spacial score (nSPS) is 14.3. The average Bonchev–Trinajstić information content (AvgIpc) is 3.33. The maximum Gasteiger partial charge on any atom is 0.311 e. The first-order chi connectivity index (χ1) is 19.8. The first-order valence-electron chi connectivity index (χ1n) is 13.8. The number of nitro groups is 1. The molecule has 0 spiro atoms. The second kappa shape index (κ2) is 12.4. The molecule has 1 aliphatic rings. The van der Waals surface area contributed by atoms with E-state index < -0.39 is 17.0 Å². The van der Waals surface area contributed by atoms with Crippen molar-refractivity contribution in [3.8, 4) is 5.75 Å². The highest BCUT2D eigenvalue weighted by Gasteiger charge is 2.39. The molecular formula is C34H34N2O5. The quantitative estimate of drug-likeness (QED) is 0.116. The summed E-state index contributed by atoms with van der Waals surface area (Å²) in [5, 5.41) is 12.1. The molecule has 4 aromatic carbocycles. The predicted octanol–water partition coefficient (Wildman–Crippen LogP) is 6.84. The first-order valence-corrected chi connectivity index (χ1v) is 13.8. The largest absolute Gasteiger partial charge is 0.482 e. The van der Waals surface area contributed by atoms with Crippen LogP contribution in [0.1, 0.15) is 47.8 Å². The topological polar surface area (TPSA) is 81.9 Å². The summed E-state index contributed by atoms with van der Waals surface area (Å²) in [6.07, 6.45) is 1.00. The van der Waals surface area contributed by atoms with Gasteiger partial charge >= 0.3 is 11.7 Å². The molecule has 41 heavy (non-hydrogen) atoms.